The maximum absolute atomic E-state index is 11.2. The number of rotatable bonds is 5. The number of hydrogen-bond acceptors (Lipinski definition) is 1. The molecule has 1 saturated heterocycles. The van der Waals surface area contributed by atoms with Crippen molar-refractivity contribution in [1.82, 2.24) is 4.90 Å². The molecule has 15 heavy (non-hydrogen) atoms. The van der Waals surface area contributed by atoms with Crippen molar-refractivity contribution >= 4 is 5.91 Å². The molecule has 1 amide bonds. The van der Waals surface area contributed by atoms with Gasteiger partial charge in [-0.25, -0.2) is 0 Å². The first-order chi connectivity index (χ1) is 6.98. The summed E-state index contributed by atoms with van der Waals surface area (Å²) in [5.74, 6) is 0.787. The summed E-state index contributed by atoms with van der Waals surface area (Å²) in [7, 11) is 0. The van der Waals surface area contributed by atoms with Crippen LogP contribution in [0.2, 0.25) is 0 Å². The average Bonchev–Trinajstić information content (AvgIpc) is 2.09. The standard InChI is InChI=1S/C13H23NO/c1-5-7-13(3,4)8-11-9-14(10-11)12(15)6-2/h6,11H,2,5,7-10H2,1,3-4H3. The van der Waals surface area contributed by atoms with Gasteiger partial charge in [0, 0.05) is 13.1 Å². The minimum absolute atomic E-state index is 0.0829. The lowest BCUT2D eigenvalue weighted by molar-refractivity contribution is -0.132. The number of carbonyl (C=O) groups excluding carboxylic acids is 1. The molecule has 0 unspecified atom stereocenters. The number of likely N-dealkylation sites (tertiary alicyclic amines) is 1. The average molecular weight is 209 g/mol. The van der Waals surface area contributed by atoms with E-state index in [2.05, 4.69) is 27.4 Å². The maximum atomic E-state index is 11.2. The number of carbonyl (C=O) groups is 1. The number of hydrogen-bond donors (Lipinski definition) is 0. The van der Waals surface area contributed by atoms with Crippen LogP contribution in [0.4, 0.5) is 0 Å². The zero-order chi connectivity index (χ0) is 11.5. The third-order valence-electron chi connectivity index (χ3n) is 3.21. The fourth-order valence-electron chi connectivity index (χ4n) is 2.57. The van der Waals surface area contributed by atoms with Gasteiger partial charge < -0.3 is 4.90 Å². The summed E-state index contributed by atoms with van der Waals surface area (Å²) in [6.45, 7) is 12.2. The van der Waals surface area contributed by atoms with Crippen molar-refractivity contribution < 1.29 is 4.79 Å². The van der Waals surface area contributed by atoms with E-state index < -0.39 is 0 Å². The lowest BCUT2D eigenvalue weighted by Crippen LogP contribution is -2.50. The molecule has 0 atom stereocenters. The van der Waals surface area contributed by atoms with Crippen molar-refractivity contribution in [2.75, 3.05) is 13.1 Å². The summed E-state index contributed by atoms with van der Waals surface area (Å²) >= 11 is 0. The van der Waals surface area contributed by atoms with Gasteiger partial charge in [0.1, 0.15) is 0 Å². The van der Waals surface area contributed by atoms with Crippen molar-refractivity contribution in [2.24, 2.45) is 11.3 Å². The van der Waals surface area contributed by atoms with Gasteiger partial charge in [-0.3, -0.25) is 4.79 Å². The zero-order valence-corrected chi connectivity index (χ0v) is 10.3. The van der Waals surface area contributed by atoms with Crippen molar-refractivity contribution in [1.29, 1.82) is 0 Å². The Kier molecular flexibility index (Phi) is 3.95. The first kappa shape index (κ1) is 12.3. The third kappa shape index (κ3) is 3.37. The van der Waals surface area contributed by atoms with Gasteiger partial charge in [0.25, 0.3) is 0 Å². The molecule has 2 heteroatoms. The monoisotopic (exact) mass is 209 g/mol. The van der Waals surface area contributed by atoms with Crippen LogP contribution in [0, 0.1) is 11.3 Å². The van der Waals surface area contributed by atoms with E-state index in [0.717, 1.165) is 13.1 Å². The maximum Gasteiger partial charge on any atom is 0.245 e. The highest BCUT2D eigenvalue weighted by molar-refractivity contribution is 5.87. The molecule has 0 radical (unpaired) electrons. The minimum atomic E-state index is 0.0829. The molecule has 0 aromatic heterocycles. The van der Waals surface area contributed by atoms with Gasteiger partial charge in [-0.05, 0) is 30.3 Å². The lowest BCUT2D eigenvalue weighted by atomic mass is 9.77. The summed E-state index contributed by atoms with van der Waals surface area (Å²) in [5, 5.41) is 0. The van der Waals surface area contributed by atoms with Crippen molar-refractivity contribution in [3.63, 3.8) is 0 Å². The van der Waals surface area contributed by atoms with E-state index in [-0.39, 0.29) is 5.91 Å². The van der Waals surface area contributed by atoms with Crippen LogP contribution in [0.5, 0.6) is 0 Å². The van der Waals surface area contributed by atoms with E-state index in [1.54, 1.807) is 0 Å². The van der Waals surface area contributed by atoms with Crippen LogP contribution >= 0.6 is 0 Å². The summed E-state index contributed by atoms with van der Waals surface area (Å²) < 4.78 is 0. The van der Waals surface area contributed by atoms with Crippen molar-refractivity contribution in [3.8, 4) is 0 Å². The van der Waals surface area contributed by atoms with E-state index in [9.17, 15) is 4.79 Å². The van der Waals surface area contributed by atoms with Crippen LogP contribution in [0.3, 0.4) is 0 Å². The molecule has 1 heterocycles. The van der Waals surface area contributed by atoms with Gasteiger partial charge in [0.05, 0.1) is 0 Å². The Hall–Kier alpha value is -0.790. The predicted molar refractivity (Wildman–Crippen MR) is 63.6 cm³/mol. The molecular weight excluding hydrogens is 186 g/mol. The molecule has 0 aliphatic carbocycles. The summed E-state index contributed by atoms with van der Waals surface area (Å²) in [6, 6.07) is 0. The Morgan fingerprint density at radius 3 is 2.60 bits per heavy atom. The molecule has 1 aliphatic rings. The molecule has 1 fully saturated rings. The second-order valence-electron chi connectivity index (χ2n) is 5.43. The Bertz CT molecular complexity index is 239. The van der Waals surface area contributed by atoms with Gasteiger partial charge in [0.15, 0.2) is 0 Å². The highest BCUT2D eigenvalue weighted by Gasteiger charge is 2.33. The normalized spacial score (nSPS) is 17.4. The van der Waals surface area contributed by atoms with Crippen molar-refractivity contribution in [3.05, 3.63) is 12.7 Å². The summed E-state index contributed by atoms with van der Waals surface area (Å²) in [4.78, 5) is 13.1. The van der Waals surface area contributed by atoms with E-state index in [0.29, 0.717) is 11.3 Å². The molecule has 1 rings (SSSR count). The van der Waals surface area contributed by atoms with Gasteiger partial charge >= 0.3 is 0 Å². The second kappa shape index (κ2) is 4.82. The smallest absolute Gasteiger partial charge is 0.245 e. The lowest BCUT2D eigenvalue weighted by Gasteiger charge is -2.42. The van der Waals surface area contributed by atoms with Crippen LogP contribution in [-0.4, -0.2) is 23.9 Å². The van der Waals surface area contributed by atoms with Gasteiger partial charge in [-0.2, -0.15) is 0 Å². The molecular formula is C13H23NO. The van der Waals surface area contributed by atoms with E-state index >= 15 is 0 Å². The van der Waals surface area contributed by atoms with Gasteiger partial charge in [-0.1, -0.05) is 33.8 Å². The largest absolute Gasteiger partial charge is 0.338 e. The van der Waals surface area contributed by atoms with Crippen LogP contribution in [0.15, 0.2) is 12.7 Å². The van der Waals surface area contributed by atoms with Gasteiger partial charge in [-0.15, -0.1) is 0 Å². The second-order valence-corrected chi connectivity index (χ2v) is 5.43. The molecule has 0 bridgehead atoms. The fraction of sp³-hybridized carbons (Fsp3) is 0.769. The zero-order valence-electron chi connectivity index (χ0n) is 10.3. The minimum Gasteiger partial charge on any atom is -0.338 e. The molecule has 86 valence electrons. The predicted octanol–water partition coefficient (Wildman–Crippen LogP) is 2.85. The molecule has 0 N–H and O–H groups in total. The third-order valence-corrected chi connectivity index (χ3v) is 3.21. The molecule has 1 aliphatic heterocycles. The van der Waals surface area contributed by atoms with Crippen LogP contribution in [0.1, 0.15) is 40.0 Å². The molecule has 0 saturated carbocycles. The quantitative estimate of drug-likeness (QED) is 0.638. The highest BCUT2D eigenvalue weighted by Crippen LogP contribution is 2.34. The highest BCUT2D eigenvalue weighted by atomic mass is 16.2. The van der Waals surface area contributed by atoms with Crippen LogP contribution in [0.25, 0.3) is 0 Å². The number of nitrogens with zero attached hydrogens (tertiary/aromatic N) is 1. The van der Waals surface area contributed by atoms with Crippen molar-refractivity contribution in [2.45, 2.75) is 40.0 Å². The number of amides is 1. The Morgan fingerprint density at radius 1 is 1.53 bits per heavy atom. The molecule has 0 aromatic carbocycles. The molecule has 2 nitrogen and oxygen atoms in total. The Balaban J connectivity index is 2.28. The first-order valence-corrected chi connectivity index (χ1v) is 5.90. The molecule has 0 aromatic rings. The van der Waals surface area contributed by atoms with E-state index in [1.807, 2.05) is 4.90 Å². The Morgan fingerprint density at radius 2 is 2.13 bits per heavy atom. The fourth-order valence-corrected chi connectivity index (χ4v) is 2.57. The topological polar surface area (TPSA) is 20.3 Å². The Labute approximate surface area is 93.3 Å². The van der Waals surface area contributed by atoms with Gasteiger partial charge in [0.2, 0.25) is 5.91 Å². The van der Waals surface area contributed by atoms with Crippen LogP contribution < -0.4 is 0 Å². The van der Waals surface area contributed by atoms with Crippen LogP contribution in [-0.2, 0) is 4.79 Å². The first-order valence-electron chi connectivity index (χ1n) is 5.90. The summed E-state index contributed by atoms with van der Waals surface area (Å²) in [5.41, 5.74) is 0.433. The SMILES string of the molecule is C=CC(=O)N1CC(CC(C)(C)CCC)C1. The van der Waals surface area contributed by atoms with E-state index in [1.165, 1.54) is 25.3 Å². The van der Waals surface area contributed by atoms with E-state index in [4.69, 9.17) is 0 Å². The molecule has 0 spiro atoms. The summed E-state index contributed by atoms with van der Waals surface area (Å²) in [6.07, 6.45) is 5.17.